The van der Waals surface area contributed by atoms with Crippen LogP contribution in [-0.2, 0) is 17.4 Å². The highest BCUT2D eigenvalue weighted by Gasteiger charge is 2.58. The number of benzene rings is 1. The molecule has 0 saturated heterocycles. The third kappa shape index (κ3) is 4.19. The van der Waals surface area contributed by atoms with E-state index in [0.29, 0.717) is 0 Å². The van der Waals surface area contributed by atoms with E-state index in [1.807, 2.05) is 37.3 Å². The molecule has 136 valence electrons. The average Bonchev–Trinajstić information content (AvgIpc) is 2.99. The molecule has 0 spiro atoms. The summed E-state index contributed by atoms with van der Waals surface area (Å²) < 4.78 is 41.2. The summed E-state index contributed by atoms with van der Waals surface area (Å²) in [4.78, 5) is 15.6. The zero-order chi connectivity index (χ0) is 18.7. The number of hydrogen-bond donors (Lipinski definition) is 2. The first-order valence-electron chi connectivity index (χ1n) is 7.73. The molecule has 0 radical (unpaired) electrons. The summed E-state index contributed by atoms with van der Waals surface area (Å²) in [6.07, 6.45) is -3.76. The third-order valence-corrected chi connectivity index (χ3v) is 4.05. The van der Waals surface area contributed by atoms with Crippen molar-refractivity contribution in [3.63, 3.8) is 0 Å². The van der Waals surface area contributed by atoms with Crippen molar-refractivity contribution in [1.29, 1.82) is 0 Å². The molecule has 2 atom stereocenters. The Bertz CT molecular complexity index is 715. The van der Waals surface area contributed by atoms with Crippen molar-refractivity contribution in [2.24, 2.45) is 7.05 Å². The Hall–Kier alpha value is -2.35. The van der Waals surface area contributed by atoms with E-state index in [-0.39, 0.29) is 12.5 Å². The van der Waals surface area contributed by atoms with Crippen LogP contribution in [0.3, 0.4) is 0 Å². The van der Waals surface area contributed by atoms with Gasteiger partial charge in [-0.3, -0.25) is 4.79 Å². The molecular weight excluding hydrogens is 335 g/mol. The van der Waals surface area contributed by atoms with E-state index in [2.05, 4.69) is 10.3 Å². The summed E-state index contributed by atoms with van der Waals surface area (Å²) >= 11 is 0. The summed E-state index contributed by atoms with van der Waals surface area (Å²) in [6.45, 7) is 2.02. The molecule has 8 heteroatoms. The summed E-state index contributed by atoms with van der Waals surface area (Å²) in [6, 6.07) is 9.28. The molecular formula is C17H20F3N3O2. The number of carbonyl (C=O) groups excluding carboxylic acids is 1. The van der Waals surface area contributed by atoms with Crippen LogP contribution in [0.5, 0.6) is 0 Å². The minimum Gasteiger partial charge on any atom is -0.374 e. The largest absolute Gasteiger partial charge is 0.425 e. The predicted molar refractivity (Wildman–Crippen MR) is 85.6 cm³/mol. The first kappa shape index (κ1) is 19.0. The van der Waals surface area contributed by atoms with E-state index in [1.165, 1.54) is 13.2 Å². The molecule has 2 rings (SSSR count). The maximum Gasteiger partial charge on any atom is 0.425 e. The van der Waals surface area contributed by atoms with Crippen molar-refractivity contribution in [2.75, 3.05) is 6.54 Å². The standard InChI is InChI=1S/C17H20F3N3O2/c1-12(13-6-4-3-5-7-13)11-22-14(24)10-16(25,17(18,19)20)15-21-8-9-23(15)2/h3-9,12,25H,10-11H2,1-2H3,(H,22,24)/t12-,16-/m1/s1. The van der Waals surface area contributed by atoms with Gasteiger partial charge in [0.15, 0.2) is 5.82 Å². The van der Waals surface area contributed by atoms with Crippen molar-refractivity contribution in [2.45, 2.75) is 31.0 Å². The highest BCUT2D eigenvalue weighted by atomic mass is 19.4. The Labute approximate surface area is 143 Å². The molecule has 2 aromatic rings. The van der Waals surface area contributed by atoms with Gasteiger partial charge in [0.25, 0.3) is 0 Å². The number of aliphatic hydroxyl groups is 1. The highest BCUT2D eigenvalue weighted by molar-refractivity contribution is 5.77. The Kier molecular flexibility index (Phi) is 5.52. The van der Waals surface area contributed by atoms with Crippen molar-refractivity contribution >= 4 is 5.91 Å². The number of rotatable bonds is 6. The lowest BCUT2D eigenvalue weighted by atomic mass is 9.96. The van der Waals surface area contributed by atoms with Crippen molar-refractivity contribution in [3.05, 3.63) is 54.1 Å². The van der Waals surface area contributed by atoms with Crippen LogP contribution in [0.2, 0.25) is 0 Å². The van der Waals surface area contributed by atoms with Gasteiger partial charge in [-0.2, -0.15) is 13.2 Å². The fraction of sp³-hybridized carbons (Fsp3) is 0.412. The van der Waals surface area contributed by atoms with Gasteiger partial charge in [-0.05, 0) is 11.5 Å². The molecule has 1 aromatic carbocycles. The second kappa shape index (κ2) is 7.26. The van der Waals surface area contributed by atoms with Crippen molar-refractivity contribution < 1.29 is 23.1 Å². The van der Waals surface area contributed by atoms with Crippen LogP contribution in [-0.4, -0.2) is 33.3 Å². The molecule has 0 bridgehead atoms. The van der Waals surface area contributed by atoms with Crippen LogP contribution in [0.1, 0.15) is 30.7 Å². The number of amides is 1. The number of carbonyl (C=O) groups is 1. The summed E-state index contributed by atoms with van der Waals surface area (Å²) in [5.74, 6) is -1.59. The molecule has 0 saturated carbocycles. The van der Waals surface area contributed by atoms with Gasteiger partial charge in [0, 0.05) is 26.0 Å². The van der Waals surface area contributed by atoms with E-state index in [1.54, 1.807) is 0 Å². The van der Waals surface area contributed by atoms with Crippen LogP contribution in [0.25, 0.3) is 0 Å². The average molecular weight is 355 g/mol. The molecule has 2 N–H and O–H groups in total. The molecule has 0 aliphatic carbocycles. The zero-order valence-electron chi connectivity index (χ0n) is 13.9. The Morgan fingerprint density at radius 3 is 2.48 bits per heavy atom. The van der Waals surface area contributed by atoms with Gasteiger partial charge in [-0.1, -0.05) is 37.3 Å². The Balaban J connectivity index is 2.07. The van der Waals surface area contributed by atoms with Crippen LogP contribution in [0.4, 0.5) is 13.2 Å². The first-order valence-corrected chi connectivity index (χ1v) is 7.73. The van der Waals surface area contributed by atoms with Gasteiger partial charge in [-0.25, -0.2) is 4.98 Å². The normalized spacial score (nSPS) is 15.4. The minimum absolute atomic E-state index is 0.0720. The van der Waals surface area contributed by atoms with Gasteiger partial charge in [-0.15, -0.1) is 0 Å². The zero-order valence-corrected chi connectivity index (χ0v) is 13.9. The Morgan fingerprint density at radius 1 is 1.32 bits per heavy atom. The lowest BCUT2D eigenvalue weighted by Gasteiger charge is -2.29. The minimum atomic E-state index is -5.03. The highest BCUT2D eigenvalue weighted by Crippen LogP contribution is 2.40. The number of imidazole rings is 1. The summed E-state index contributed by atoms with van der Waals surface area (Å²) in [5, 5.41) is 12.6. The van der Waals surface area contributed by atoms with Crippen LogP contribution < -0.4 is 5.32 Å². The van der Waals surface area contributed by atoms with E-state index >= 15 is 0 Å². The first-order chi connectivity index (χ1) is 11.6. The van der Waals surface area contributed by atoms with Crippen LogP contribution in [0, 0.1) is 0 Å². The number of aryl methyl sites for hydroxylation is 1. The molecule has 1 heterocycles. The number of alkyl halides is 3. The smallest absolute Gasteiger partial charge is 0.374 e. The number of nitrogens with one attached hydrogen (secondary N) is 1. The SMILES string of the molecule is C[C@H](CNC(=O)C[C@@](O)(c1nccn1C)C(F)(F)F)c1ccccc1. The topological polar surface area (TPSA) is 67.2 Å². The van der Waals surface area contributed by atoms with E-state index in [0.717, 1.165) is 16.3 Å². The molecule has 0 aliphatic rings. The van der Waals surface area contributed by atoms with E-state index in [9.17, 15) is 23.1 Å². The van der Waals surface area contributed by atoms with E-state index in [4.69, 9.17) is 0 Å². The lowest BCUT2D eigenvalue weighted by molar-refractivity contribution is -0.271. The van der Waals surface area contributed by atoms with Crippen molar-refractivity contribution in [1.82, 2.24) is 14.9 Å². The third-order valence-electron chi connectivity index (χ3n) is 4.05. The number of halogens is 3. The van der Waals surface area contributed by atoms with Gasteiger partial charge in [0.2, 0.25) is 11.5 Å². The second-order valence-electron chi connectivity index (χ2n) is 6.01. The quantitative estimate of drug-likeness (QED) is 0.837. The maximum absolute atomic E-state index is 13.4. The fourth-order valence-corrected chi connectivity index (χ4v) is 2.53. The summed E-state index contributed by atoms with van der Waals surface area (Å²) in [7, 11) is 1.33. The van der Waals surface area contributed by atoms with Crippen LogP contribution >= 0.6 is 0 Å². The second-order valence-corrected chi connectivity index (χ2v) is 6.01. The maximum atomic E-state index is 13.4. The van der Waals surface area contributed by atoms with Gasteiger partial charge in [0.1, 0.15) is 0 Å². The number of nitrogens with zero attached hydrogens (tertiary/aromatic N) is 2. The molecule has 1 amide bonds. The van der Waals surface area contributed by atoms with Gasteiger partial charge >= 0.3 is 6.18 Å². The van der Waals surface area contributed by atoms with Crippen molar-refractivity contribution in [3.8, 4) is 0 Å². The van der Waals surface area contributed by atoms with E-state index < -0.39 is 29.9 Å². The van der Waals surface area contributed by atoms with Gasteiger partial charge < -0.3 is 15.0 Å². The Morgan fingerprint density at radius 2 is 1.96 bits per heavy atom. The molecule has 0 fully saturated rings. The lowest BCUT2D eigenvalue weighted by Crippen LogP contribution is -2.48. The molecule has 0 unspecified atom stereocenters. The molecule has 25 heavy (non-hydrogen) atoms. The molecule has 5 nitrogen and oxygen atoms in total. The summed E-state index contributed by atoms with van der Waals surface area (Å²) in [5.41, 5.74) is -2.39. The number of aromatic nitrogens is 2. The van der Waals surface area contributed by atoms with Crippen LogP contribution in [0.15, 0.2) is 42.7 Å². The predicted octanol–water partition coefficient (Wildman–Crippen LogP) is 2.48. The monoisotopic (exact) mass is 355 g/mol. The number of hydrogen-bond acceptors (Lipinski definition) is 3. The molecule has 1 aromatic heterocycles. The fourth-order valence-electron chi connectivity index (χ4n) is 2.53. The van der Waals surface area contributed by atoms with Gasteiger partial charge in [0.05, 0.1) is 6.42 Å². The molecule has 0 aliphatic heterocycles.